The fraction of sp³-hybridized carbons (Fsp3) is 0.429. The van der Waals surface area contributed by atoms with Crippen LogP contribution in [0.2, 0.25) is 0 Å². The van der Waals surface area contributed by atoms with Gasteiger partial charge in [0.25, 0.3) is 5.91 Å². The molecule has 19 heavy (non-hydrogen) atoms. The van der Waals surface area contributed by atoms with Crippen LogP contribution >= 0.6 is 0 Å². The Morgan fingerprint density at radius 1 is 1.53 bits per heavy atom. The lowest BCUT2D eigenvalue weighted by Crippen LogP contribution is -2.39. The van der Waals surface area contributed by atoms with E-state index in [2.05, 4.69) is 5.43 Å². The van der Waals surface area contributed by atoms with Gasteiger partial charge in [0.15, 0.2) is 0 Å². The first-order valence-corrected chi connectivity index (χ1v) is 6.50. The fourth-order valence-electron chi connectivity index (χ4n) is 2.41. The molecule has 3 N–H and O–H groups in total. The van der Waals surface area contributed by atoms with E-state index in [-0.39, 0.29) is 17.7 Å². The average Bonchev–Trinajstić information content (AvgIpc) is 2.43. The number of nitrogens with one attached hydrogen (secondary N) is 1. The van der Waals surface area contributed by atoms with E-state index >= 15 is 0 Å². The molecule has 0 aromatic heterocycles. The van der Waals surface area contributed by atoms with E-state index in [0.29, 0.717) is 12.1 Å². The predicted octanol–water partition coefficient (Wildman–Crippen LogP) is 1.05. The van der Waals surface area contributed by atoms with E-state index in [1.165, 1.54) is 0 Å². The largest absolute Gasteiger partial charge is 0.338 e. The molecule has 2 rings (SSSR count). The summed E-state index contributed by atoms with van der Waals surface area (Å²) in [6.45, 7) is 3.30. The summed E-state index contributed by atoms with van der Waals surface area (Å²) in [6.07, 6.45) is 2.00. The first-order chi connectivity index (χ1) is 9.11. The Balaban J connectivity index is 2.10. The SMILES string of the molecule is CC1CCCN(Cc2cccc(C(=O)NN)c2)C1=O. The van der Waals surface area contributed by atoms with E-state index in [1.54, 1.807) is 18.2 Å². The highest BCUT2D eigenvalue weighted by Crippen LogP contribution is 2.19. The Kier molecular flexibility index (Phi) is 4.16. The minimum absolute atomic E-state index is 0.101. The van der Waals surface area contributed by atoms with Crippen molar-refractivity contribution in [3.05, 3.63) is 35.4 Å². The molecular formula is C14H19N3O2. The molecule has 1 aliphatic heterocycles. The highest BCUT2D eigenvalue weighted by molar-refractivity contribution is 5.93. The fourth-order valence-corrected chi connectivity index (χ4v) is 2.41. The first-order valence-electron chi connectivity index (χ1n) is 6.50. The lowest BCUT2D eigenvalue weighted by molar-refractivity contribution is -0.138. The molecule has 1 aliphatic rings. The van der Waals surface area contributed by atoms with Crippen LogP contribution in [0.1, 0.15) is 35.7 Å². The monoisotopic (exact) mass is 261 g/mol. The van der Waals surface area contributed by atoms with Crippen LogP contribution in [0.4, 0.5) is 0 Å². The van der Waals surface area contributed by atoms with Gasteiger partial charge >= 0.3 is 0 Å². The van der Waals surface area contributed by atoms with Crippen molar-refractivity contribution in [1.82, 2.24) is 10.3 Å². The zero-order valence-corrected chi connectivity index (χ0v) is 11.1. The standard InChI is InChI=1S/C14H19N3O2/c1-10-4-3-7-17(14(10)19)9-11-5-2-6-12(8-11)13(18)16-15/h2,5-6,8,10H,3-4,7,9,15H2,1H3,(H,16,18). The Hall–Kier alpha value is -1.88. The van der Waals surface area contributed by atoms with Crippen LogP contribution in [-0.2, 0) is 11.3 Å². The zero-order chi connectivity index (χ0) is 13.8. The number of carbonyl (C=O) groups excluding carboxylic acids is 2. The Labute approximate surface area is 112 Å². The molecule has 1 heterocycles. The molecular weight excluding hydrogens is 242 g/mol. The van der Waals surface area contributed by atoms with Crippen LogP contribution in [0, 0.1) is 5.92 Å². The quantitative estimate of drug-likeness (QED) is 0.485. The molecule has 5 nitrogen and oxygen atoms in total. The molecule has 1 unspecified atom stereocenters. The van der Waals surface area contributed by atoms with Gasteiger partial charge in [0.05, 0.1) is 0 Å². The van der Waals surface area contributed by atoms with E-state index < -0.39 is 0 Å². The minimum Gasteiger partial charge on any atom is -0.338 e. The number of likely N-dealkylation sites (tertiary alicyclic amines) is 1. The van der Waals surface area contributed by atoms with Gasteiger partial charge in [0, 0.05) is 24.6 Å². The summed E-state index contributed by atoms with van der Waals surface area (Å²) in [6, 6.07) is 7.19. The van der Waals surface area contributed by atoms with Crippen LogP contribution in [-0.4, -0.2) is 23.3 Å². The van der Waals surface area contributed by atoms with Gasteiger partial charge in [0.1, 0.15) is 0 Å². The molecule has 1 aromatic carbocycles. The predicted molar refractivity (Wildman–Crippen MR) is 71.9 cm³/mol. The first kappa shape index (κ1) is 13.5. The Bertz CT molecular complexity index is 487. The molecule has 2 amide bonds. The molecule has 0 aliphatic carbocycles. The van der Waals surface area contributed by atoms with Gasteiger partial charge < -0.3 is 4.90 Å². The number of carbonyl (C=O) groups is 2. The molecule has 1 saturated heterocycles. The van der Waals surface area contributed by atoms with E-state index in [1.807, 2.05) is 17.9 Å². The Morgan fingerprint density at radius 2 is 2.32 bits per heavy atom. The van der Waals surface area contributed by atoms with Crippen LogP contribution in [0.3, 0.4) is 0 Å². The van der Waals surface area contributed by atoms with Gasteiger partial charge in [-0.15, -0.1) is 0 Å². The maximum atomic E-state index is 12.0. The third-order valence-corrected chi connectivity index (χ3v) is 3.49. The molecule has 1 atom stereocenters. The van der Waals surface area contributed by atoms with Crippen molar-refractivity contribution in [3.8, 4) is 0 Å². The maximum Gasteiger partial charge on any atom is 0.265 e. The van der Waals surface area contributed by atoms with Gasteiger partial charge in [-0.1, -0.05) is 19.1 Å². The number of piperidine rings is 1. The second-order valence-electron chi connectivity index (χ2n) is 4.98. The highest BCUT2D eigenvalue weighted by atomic mass is 16.2. The number of nitrogens with zero attached hydrogens (tertiary/aromatic N) is 1. The number of rotatable bonds is 3. The zero-order valence-electron chi connectivity index (χ0n) is 11.1. The number of hydrogen-bond acceptors (Lipinski definition) is 3. The minimum atomic E-state index is -0.319. The molecule has 0 spiro atoms. The lowest BCUT2D eigenvalue weighted by atomic mass is 9.98. The summed E-state index contributed by atoms with van der Waals surface area (Å²) in [5, 5.41) is 0. The third-order valence-electron chi connectivity index (χ3n) is 3.49. The van der Waals surface area contributed by atoms with E-state index in [4.69, 9.17) is 5.84 Å². The smallest absolute Gasteiger partial charge is 0.265 e. The van der Waals surface area contributed by atoms with Gasteiger partial charge in [0.2, 0.25) is 5.91 Å². The Morgan fingerprint density at radius 3 is 3.05 bits per heavy atom. The number of hydrogen-bond donors (Lipinski definition) is 2. The topological polar surface area (TPSA) is 75.4 Å². The summed E-state index contributed by atoms with van der Waals surface area (Å²) in [5.41, 5.74) is 3.57. The van der Waals surface area contributed by atoms with Crippen molar-refractivity contribution in [1.29, 1.82) is 0 Å². The summed E-state index contributed by atoms with van der Waals surface area (Å²) in [5.74, 6) is 5.09. The molecule has 1 aromatic rings. The van der Waals surface area contributed by atoms with E-state index in [0.717, 1.165) is 24.9 Å². The van der Waals surface area contributed by atoms with E-state index in [9.17, 15) is 9.59 Å². The van der Waals surface area contributed by atoms with Crippen LogP contribution in [0.15, 0.2) is 24.3 Å². The second kappa shape index (κ2) is 5.84. The molecule has 102 valence electrons. The van der Waals surface area contributed by atoms with Gasteiger partial charge in [-0.05, 0) is 30.5 Å². The number of amides is 2. The summed E-state index contributed by atoms with van der Waals surface area (Å²) >= 11 is 0. The van der Waals surface area contributed by atoms with Crippen molar-refractivity contribution >= 4 is 11.8 Å². The van der Waals surface area contributed by atoms with Crippen molar-refractivity contribution in [2.75, 3.05) is 6.54 Å². The van der Waals surface area contributed by atoms with Crippen LogP contribution in [0.25, 0.3) is 0 Å². The number of nitrogens with two attached hydrogens (primary N) is 1. The lowest BCUT2D eigenvalue weighted by Gasteiger charge is -2.30. The molecule has 5 heteroatoms. The van der Waals surface area contributed by atoms with Crippen molar-refractivity contribution in [3.63, 3.8) is 0 Å². The van der Waals surface area contributed by atoms with Gasteiger partial charge in [-0.2, -0.15) is 0 Å². The van der Waals surface area contributed by atoms with Crippen LogP contribution < -0.4 is 11.3 Å². The normalized spacial score (nSPS) is 19.4. The molecule has 0 radical (unpaired) electrons. The highest BCUT2D eigenvalue weighted by Gasteiger charge is 2.24. The number of nitrogen functional groups attached to an aromatic ring is 1. The molecule has 0 saturated carbocycles. The van der Waals surface area contributed by atoms with Crippen molar-refractivity contribution < 1.29 is 9.59 Å². The van der Waals surface area contributed by atoms with Crippen molar-refractivity contribution in [2.24, 2.45) is 11.8 Å². The molecule has 1 fully saturated rings. The average molecular weight is 261 g/mol. The summed E-state index contributed by atoms with van der Waals surface area (Å²) in [7, 11) is 0. The third kappa shape index (κ3) is 3.12. The maximum absolute atomic E-state index is 12.0. The van der Waals surface area contributed by atoms with Gasteiger partial charge in [-0.25, -0.2) is 5.84 Å². The van der Waals surface area contributed by atoms with Crippen molar-refractivity contribution in [2.45, 2.75) is 26.3 Å². The summed E-state index contributed by atoms with van der Waals surface area (Å²) in [4.78, 5) is 25.3. The van der Waals surface area contributed by atoms with Gasteiger partial charge in [-0.3, -0.25) is 15.0 Å². The number of benzene rings is 1. The summed E-state index contributed by atoms with van der Waals surface area (Å²) < 4.78 is 0. The molecule has 0 bridgehead atoms. The van der Waals surface area contributed by atoms with Crippen LogP contribution in [0.5, 0.6) is 0 Å². The number of hydrazine groups is 1. The second-order valence-corrected chi connectivity index (χ2v) is 4.98.